The van der Waals surface area contributed by atoms with E-state index < -0.39 is 0 Å². The number of hydrogen-bond acceptors (Lipinski definition) is 1. The minimum absolute atomic E-state index is 0.153. The average Bonchev–Trinajstić information content (AvgIpc) is 1.83. The van der Waals surface area contributed by atoms with Crippen LogP contribution in [0.25, 0.3) is 0 Å². The van der Waals surface area contributed by atoms with E-state index in [1.807, 2.05) is 6.92 Å². The van der Waals surface area contributed by atoms with Crippen LogP contribution in [0.5, 0.6) is 0 Å². The first-order valence-electron chi connectivity index (χ1n) is 2.41. The molecule has 0 amide bonds. The SMILES string of the molecule is C=CC(C)N=CN=C. The first kappa shape index (κ1) is 7.08. The van der Waals surface area contributed by atoms with Gasteiger partial charge in [-0.2, -0.15) is 0 Å². The first-order valence-corrected chi connectivity index (χ1v) is 2.41. The zero-order chi connectivity index (χ0) is 6.41. The number of hydrogen-bond donors (Lipinski definition) is 0. The Bertz CT molecular complexity index is 105. The van der Waals surface area contributed by atoms with Gasteiger partial charge < -0.3 is 0 Å². The third-order valence-electron chi connectivity index (χ3n) is 0.725. The molecular weight excluding hydrogens is 100 g/mol. The van der Waals surface area contributed by atoms with Crippen LogP contribution in [0.4, 0.5) is 0 Å². The van der Waals surface area contributed by atoms with E-state index in [4.69, 9.17) is 0 Å². The molecule has 0 bridgehead atoms. The lowest BCUT2D eigenvalue weighted by molar-refractivity contribution is 0.933. The molecule has 0 radical (unpaired) electrons. The van der Waals surface area contributed by atoms with Gasteiger partial charge in [0.05, 0.1) is 6.04 Å². The van der Waals surface area contributed by atoms with Crippen molar-refractivity contribution in [2.24, 2.45) is 9.98 Å². The highest BCUT2D eigenvalue weighted by Crippen LogP contribution is 1.85. The van der Waals surface area contributed by atoms with E-state index in [0.29, 0.717) is 0 Å². The summed E-state index contributed by atoms with van der Waals surface area (Å²) in [5, 5.41) is 0. The molecule has 0 rings (SSSR count). The average molecular weight is 110 g/mol. The van der Waals surface area contributed by atoms with E-state index >= 15 is 0 Å². The molecule has 1 atom stereocenters. The molecular formula is C6H10N2. The van der Waals surface area contributed by atoms with Gasteiger partial charge in [0.25, 0.3) is 0 Å². The van der Waals surface area contributed by atoms with Crippen LogP contribution in [0.2, 0.25) is 0 Å². The van der Waals surface area contributed by atoms with Gasteiger partial charge in [0.15, 0.2) is 0 Å². The van der Waals surface area contributed by atoms with E-state index in [2.05, 4.69) is 23.3 Å². The molecule has 2 heteroatoms. The summed E-state index contributed by atoms with van der Waals surface area (Å²) in [4.78, 5) is 7.32. The van der Waals surface area contributed by atoms with Crippen LogP contribution in [0.3, 0.4) is 0 Å². The Balaban J connectivity index is 3.50. The smallest absolute Gasteiger partial charge is 0.109 e. The van der Waals surface area contributed by atoms with Crippen molar-refractivity contribution in [1.82, 2.24) is 0 Å². The summed E-state index contributed by atoms with van der Waals surface area (Å²) < 4.78 is 0. The molecule has 0 aromatic rings. The van der Waals surface area contributed by atoms with E-state index in [-0.39, 0.29) is 6.04 Å². The zero-order valence-corrected chi connectivity index (χ0v) is 5.04. The van der Waals surface area contributed by atoms with E-state index in [0.717, 1.165) is 0 Å². The molecule has 0 fully saturated rings. The van der Waals surface area contributed by atoms with Crippen molar-refractivity contribution in [1.29, 1.82) is 0 Å². The maximum absolute atomic E-state index is 3.89. The second kappa shape index (κ2) is 4.24. The Labute approximate surface area is 49.7 Å². The van der Waals surface area contributed by atoms with E-state index in [1.54, 1.807) is 6.08 Å². The third-order valence-corrected chi connectivity index (χ3v) is 0.725. The summed E-state index contributed by atoms with van der Waals surface area (Å²) in [6.45, 7) is 8.70. The Morgan fingerprint density at radius 2 is 2.25 bits per heavy atom. The molecule has 0 saturated heterocycles. The van der Waals surface area contributed by atoms with E-state index in [1.165, 1.54) is 6.34 Å². The van der Waals surface area contributed by atoms with Crippen LogP contribution >= 0.6 is 0 Å². The van der Waals surface area contributed by atoms with Crippen molar-refractivity contribution in [3.63, 3.8) is 0 Å². The van der Waals surface area contributed by atoms with Crippen LogP contribution in [-0.4, -0.2) is 19.1 Å². The molecule has 0 saturated carbocycles. The van der Waals surface area contributed by atoms with Crippen LogP contribution in [-0.2, 0) is 0 Å². The van der Waals surface area contributed by atoms with Crippen LogP contribution in [0, 0.1) is 0 Å². The topological polar surface area (TPSA) is 24.7 Å². The minimum Gasteiger partial charge on any atom is -0.266 e. The van der Waals surface area contributed by atoms with Crippen molar-refractivity contribution in [3.8, 4) is 0 Å². The van der Waals surface area contributed by atoms with Gasteiger partial charge in [-0.25, -0.2) is 0 Å². The highest BCUT2D eigenvalue weighted by atomic mass is 14.9. The fourth-order valence-electron chi connectivity index (χ4n) is 0.213. The van der Waals surface area contributed by atoms with Gasteiger partial charge in [-0.15, -0.1) is 6.58 Å². The Kier molecular flexibility index (Phi) is 3.76. The van der Waals surface area contributed by atoms with E-state index in [9.17, 15) is 0 Å². The van der Waals surface area contributed by atoms with Gasteiger partial charge in [-0.05, 0) is 13.6 Å². The molecule has 0 aromatic carbocycles. The molecule has 44 valence electrons. The van der Waals surface area contributed by atoms with Gasteiger partial charge in [-0.3, -0.25) is 9.98 Å². The normalized spacial score (nSPS) is 13.6. The van der Waals surface area contributed by atoms with Crippen LogP contribution < -0.4 is 0 Å². The van der Waals surface area contributed by atoms with Gasteiger partial charge in [0, 0.05) is 0 Å². The van der Waals surface area contributed by atoms with Gasteiger partial charge in [0.1, 0.15) is 6.34 Å². The van der Waals surface area contributed by atoms with Gasteiger partial charge in [0.2, 0.25) is 0 Å². The lowest BCUT2D eigenvalue weighted by Gasteiger charge is -1.91. The quantitative estimate of drug-likeness (QED) is 0.297. The van der Waals surface area contributed by atoms with Crippen molar-refractivity contribution in [2.45, 2.75) is 13.0 Å². The largest absolute Gasteiger partial charge is 0.266 e. The third kappa shape index (κ3) is 3.28. The fourth-order valence-corrected chi connectivity index (χ4v) is 0.213. The number of nitrogens with zero attached hydrogens (tertiary/aromatic N) is 2. The fraction of sp³-hybridized carbons (Fsp3) is 0.333. The second-order valence-corrected chi connectivity index (χ2v) is 1.42. The van der Waals surface area contributed by atoms with Crippen molar-refractivity contribution < 1.29 is 0 Å². The van der Waals surface area contributed by atoms with Crippen molar-refractivity contribution in [2.75, 3.05) is 0 Å². The summed E-state index contributed by atoms with van der Waals surface area (Å²) in [6.07, 6.45) is 3.16. The standard InChI is InChI=1S/C6H10N2/c1-4-6(2)8-5-7-3/h4-6H,1,3H2,2H3. The molecule has 0 aromatic heterocycles. The number of aliphatic imine (C=N–C) groups is 2. The van der Waals surface area contributed by atoms with Crippen LogP contribution in [0.15, 0.2) is 22.6 Å². The Morgan fingerprint density at radius 3 is 2.62 bits per heavy atom. The zero-order valence-electron chi connectivity index (χ0n) is 5.04. The first-order chi connectivity index (χ1) is 3.81. The molecule has 1 unspecified atom stereocenters. The Morgan fingerprint density at radius 1 is 1.62 bits per heavy atom. The summed E-state index contributed by atoms with van der Waals surface area (Å²) in [5.74, 6) is 0. The predicted molar refractivity (Wildman–Crippen MR) is 37.7 cm³/mol. The Hall–Kier alpha value is -0.920. The molecule has 0 aliphatic carbocycles. The van der Waals surface area contributed by atoms with Gasteiger partial charge in [-0.1, -0.05) is 6.08 Å². The predicted octanol–water partition coefficient (Wildman–Crippen LogP) is 1.29. The summed E-state index contributed by atoms with van der Waals surface area (Å²) in [6, 6.07) is 0.153. The summed E-state index contributed by atoms with van der Waals surface area (Å²) in [5.41, 5.74) is 0. The molecule has 0 aliphatic rings. The van der Waals surface area contributed by atoms with Crippen molar-refractivity contribution in [3.05, 3.63) is 12.7 Å². The summed E-state index contributed by atoms with van der Waals surface area (Å²) >= 11 is 0. The highest BCUT2D eigenvalue weighted by Gasteiger charge is 1.82. The lowest BCUT2D eigenvalue weighted by atomic mass is 10.4. The molecule has 0 spiro atoms. The highest BCUT2D eigenvalue weighted by molar-refractivity contribution is 5.62. The maximum Gasteiger partial charge on any atom is 0.109 e. The molecule has 0 N–H and O–H groups in total. The maximum atomic E-state index is 3.89. The number of rotatable bonds is 3. The second-order valence-electron chi connectivity index (χ2n) is 1.42. The minimum atomic E-state index is 0.153. The molecule has 2 nitrogen and oxygen atoms in total. The van der Waals surface area contributed by atoms with Crippen LogP contribution in [0.1, 0.15) is 6.92 Å². The van der Waals surface area contributed by atoms with Crippen molar-refractivity contribution >= 4 is 13.1 Å². The van der Waals surface area contributed by atoms with Gasteiger partial charge >= 0.3 is 0 Å². The molecule has 0 aliphatic heterocycles. The lowest BCUT2D eigenvalue weighted by Crippen LogP contribution is -1.88. The monoisotopic (exact) mass is 110 g/mol. The summed E-state index contributed by atoms with van der Waals surface area (Å²) in [7, 11) is 0. The molecule has 8 heavy (non-hydrogen) atoms. The molecule has 0 heterocycles.